The van der Waals surface area contributed by atoms with Gasteiger partial charge in [0.2, 0.25) is 0 Å². The van der Waals surface area contributed by atoms with Crippen LogP contribution in [0.2, 0.25) is 0 Å². The average molecular weight is 302 g/mol. The van der Waals surface area contributed by atoms with E-state index in [1.54, 1.807) is 13.2 Å². The molecule has 1 aliphatic rings. The molecule has 0 aliphatic carbocycles. The molecule has 0 unspecified atom stereocenters. The normalized spacial score (nSPS) is 13.1. The van der Waals surface area contributed by atoms with Gasteiger partial charge in [-0.1, -0.05) is 0 Å². The number of benzene rings is 3. The van der Waals surface area contributed by atoms with Crippen molar-refractivity contribution in [2.75, 3.05) is 0 Å². The molecule has 0 bridgehead atoms. The third-order valence-electron chi connectivity index (χ3n) is 3.75. The van der Waals surface area contributed by atoms with Crippen LogP contribution < -0.4 is 13.2 Å². The van der Waals surface area contributed by atoms with Crippen molar-refractivity contribution in [3.8, 4) is 11.1 Å². The van der Waals surface area contributed by atoms with E-state index in [9.17, 15) is 0 Å². The van der Waals surface area contributed by atoms with E-state index in [0.717, 1.165) is 0 Å². The van der Waals surface area contributed by atoms with E-state index < -0.39 is 14.3 Å². The fourth-order valence-corrected chi connectivity index (χ4v) is 9.10. The molecule has 1 heterocycles. The molecule has 3 aromatic carbocycles. The van der Waals surface area contributed by atoms with Crippen LogP contribution in [0.3, 0.4) is 0 Å². The van der Waals surface area contributed by atoms with Crippen molar-refractivity contribution in [2.45, 2.75) is 0 Å². The van der Waals surface area contributed by atoms with Gasteiger partial charge in [0, 0.05) is 0 Å². The summed E-state index contributed by atoms with van der Waals surface area (Å²) >= 11 is -1.56. The summed E-state index contributed by atoms with van der Waals surface area (Å²) in [6.07, 6.45) is 0. The Balaban J connectivity index is 2.02. The van der Waals surface area contributed by atoms with Crippen LogP contribution >= 0.6 is 0 Å². The third-order valence-corrected chi connectivity index (χ3v) is 9.75. The minimum absolute atomic E-state index is 1.46. The fraction of sp³-hybridized carbons (Fsp3) is 0. The summed E-state index contributed by atoms with van der Waals surface area (Å²) < 4.78 is 4.73. The molecule has 0 nitrogen and oxygen atoms in total. The van der Waals surface area contributed by atoms with Crippen LogP contribution in [0.1, 0.15) is 0 Å². The standard InChI is InChI=1S/C18H13Ge/c1-2-8-14(9-3-1)19-17-12-6-4-10-15(17)16-11-5-7-13-18(16)19/h1-13H. The maximum atomic E-state index is 2.33. The van der Waals surface area contributed by atoms with Crippen molar-refractivity contribution >= 4 is 27.5 Å². The first-order valence-corrected chi connectivity index (χ1v) is 9.71. The molecule has 1 aliphatic heterocycles. The summed E-state index contributed by atoms with van der Waals surface area (Å²) in [5, 5.41) is 0. The second-order valence-corrected chi connectivity index (χ2v) is 9.88. The topological polar surface area (TPSA) is 0 Å². The molecular weight excluding hydrogens is 289 g/mol. The Hall–Kier alpha value is -1.80. The Labute approximate surface area is 117 Å². The summed E-state index contributed by atoms with van der Waals surface area (Å²) in [6, 6.07) is 28.9. The van der Waals surface area contributed by atoms with E-state index in [0.29, 0.717) is 0 Å². The van der Waals surface area contributed by atoms with Crippen molar-refractivity contribution in [3.63, 3.8) is 0 Å². The first-order valence-electron chi connectivity index (χ1n) is 6.57. The Morgan fingerprint density at radius 3 is 1.53 bits per heavy atom. The van der Waals surface area contributed by atoms with Crippen LogP contribution in [-0.4, -0.2) is 14.3 Å². The molecule has 0 aromatic heterocycles. The van der Waals surface area contributed by atoms with Gasteiger partial charge in [0.15, 0.2) is 0 Å². The molecular formula is C18H13Ge. The Morgan fingerprint density at radius 2 is 0.947 bits per heavy atom. The Kier molecular flexibility index (Phi) is 2.56. The number of fused-ring (bicyclic) bond motifs is 3. The Morgan fingerprint density at radius 1 is 0.474 bits per heavy atom. The predicted molar refractivity (Wildman–Crippen MR) is 83.0 cm³/mol. The monoisotopic (exact) mass is 303 g/mol. The molecule has 0 atom stereocenters. The average Bonchev–Trinajstić information content (AvgIpc) is 2.83. The molecule has 0 fully saturated rings. The molecule has 0 saturated carbocycles. The van der Waals surface area contributed by atoms with Crippen molar-refractivity contribution < 1.29 is 0 Å². The van der Waals surface area contributed by atoms with E-state index in [2.05, 4.69) is 78.9 Å². The Bertz CT molecular complexity index is 686. The summed E-state index contributed by atoms with van der Waals surface area (Å²) in [6.45, 7) is 0. The van der Waals surface area contributed by atoms with Crippen LogP contribution in [0.25, 0.3) is 11.1 Å². The fourth-order valence-electron chi connectivity index (χ4n) is 2.93. The molecule has 4 rings (SSSR count). The molecule has 0 amide bonds. The van der Waals surface area contributed by atoms with Crippen molar-refractivity contribution in [2.24, 2.45) is 0 Å². The van der Waals surface area contributed by atoms with E-state index in [1.165, 1.54) is 11.1 Å². The van der Waals surface area contributed by atoms with E-state index in [-0.39, 0.29) is 0 Å². The van der Waals surface area contributed by atoms with Gasteiger partial charge in [0.1, 0.15) is 0 Å². The van der Waals surface area contributed by atoms with Crippen LogP contribution in [-0.2, 0) is 0 Å². The quantitative estimate of drug-likeness (QED) is 0.473. The minimum atomic E-state index is -1.56. The molecule has 0 saturated heterocycles. The zero-order chi connectivity index (χ0) is 12.7. The van der Waals surface area contributed by atoms with E-state index in [1.807, 2.05) is 0 Å². The zero-order valence-corrected chi connectivity index (χ0v) is 12.6. The van der Waals surface area contributed by atoms with Gasteiger partial charge < -0.3 is 0 Å². The number of hydrogen-bond donors (Lipinski definition) is 0. The zero-order valence-electron chi connectivity index (χ0n) is 10.5. The van der Waals surface area contributed by atoms with Gasteiger partial charge in [-0.3, -0.25) is 0 Å². The second kappa shape index (κ2) is 4.39. The van der Waals surface area contributed by atoms with Crippen molar-refractivity contribution in [1.29, 1.82) is 0 Å². The van der Waals surface area contributed by atoms with Gasteiger partial charge in [-0.05, 0) is 0 Å². The summed E-state index contributed by atoms with van der Waals surface area (Å²) in [4.78, 5) is 0. The van der Waals surface area contributed by atoms with Crippen LogP contribution in [0.5, 0.6) is 0 Å². The van der Waals surface area contributed by atoms with Gasteiger partial charge in [-0.25, -0.2) is 0 Å². The summed E-state index contributed by atoms with van der Waals surface area (Å²) in [7, 11) is 0. The summed E-state index contributed by atoms with van der Waals surface area (Å²) in [5.74, 6) is 0. The van der Waals surface area contributed by atoms with Crippen LogP contribution in [0.4, 0.5) is 0 Å². The molecule has 1 heteroatoms. The number of hydrogen-bond acceptors (Lipinski definition) is 0. The molecule has 3 aromatic rings. The van der Waals surface area contributed by atoms with Gasteiger partial charge in [0.25, 0.3) is 0 Å². The number of rotatable bonds is 1. The molecule has 0 spiro atoms. The molecule has 19 heavy (non-hydrogen) atoms. The van der Waals surface area contributed by atoms with Crippen LogP contribution in [0, 0.1) is 0 Å². The molecule has 0 N–H and O–H groups in total. The maximum absolute atomic E-state index is 2.33. The third kappa shape index (κ3) is 1.67. The van der Waals surface area contributed by atoms with Gasteiger partial charge in [-0.2, -0.15) is 0 Å². The second-order valence-electron chi connectivity index (χ2n) is 4.83. The predicted octanol–water partition coefficient (Wildman–Crippen LogP) is 2.18. The molecule has 89 valence electrons. The molecule has 1 radical (unpaired) electrons. The van der Waals surface area contributed by atoms with Crippen molar-refractivity contribution in [1.82, 2.24) is 0 Å². The SMILES string of the molecule is c1cc[c]([Ge]2[c]3ccccc3-c3cccc[c]32)cc1. The van der Waals surface area contributed by atoms with Gasteiger partial charge >= 0.3 is 118 Å². The van der Waals surface area contributed by atoms with Gasteiger partial charge in [0.05, 0.1) is 0 Å². The van der Waals surface area contributed by atoms with E-state index in [4.69, 9.17) is 0 Å². The van der Waals surface area contributed by atoms with Crippen LogP contribution in [0.15, 0.2) is 78.9 Å². The van der Waals surface area contributed by atoms with E-state index >= 15 is 0 Å². The van der Waals surface area contributed by atoms with Gasteiger partial charge in [-0.15, -0.1) is 0 Å². The first-order chi connectivity index (χ1) is 9.45. The summed E-state index contributed by atoms with van der Waals surface area (Å²) in [5.41, 5.74) is 2.91. The first kappa shape index (κ1) is 11.1. The van der Waals surface area contributed by atoms with Crippen molar-refractivity contribution in [3.05, 3.63) is 78.9 Å².